The molecule has 2 aliphatic heterocycles. The van der Waals surface area contributed by atoms with Gasteiger partial charge in [0.2, 0.25) is 0 Å². The summed E-state index contributed by atoms with van der Waals surface area (Å²) in [6.07, 6.45) is 11.5. The van der Waals surface area contributed by atoms with Crippen molar-refractivity contribution in [3.63, 3.8) is 0 Å². The van der Waals surface area contributed by atoms with E-state index in [4.69, 9.17) is 0 Å². The van der Waals surface area contributed by atoms with Crippen molar-refractivity contribution in [2.75, 3.05) is 6.54 Å². The molecule has 2 unspecified atom stereocenters. The molecule has 2 heterocycles. The number of hydrogen-bond donors (Lipinski definition) is 1. The fourth-order valence-corrected chi connectivity index (χ4v) is 4.69. The average Bonchev–Trinajstić information content (AvgIpc) is 2.72. The summed E-state index contributed by atoms with van der Waals surface area (Å²) in [5.74, 6) is 0.976. The molecule has 2 saturated heterocycles. The van der Waals surface area contributed by atoms with E-state index in [1.807, 2.05) is 0 Å². The molecular weight excluding hydrogens is 220 g/mol. The lowest BCUT2D eigenvalue weighted by Crippen LogP contribution is -2.52. The maximum Gasteiger partial charge on any atom is 0.0128 e. The first-order chi connectivity index (χ1) is 8.76. The summed E-state index contributed by atoms with van der Waals surface area (Å²) in [6, 6.07) is 3.46. The monoisotopic (exact) mass is 250 g/mol. The van der Waals surface area contributed by atoms with E-state index in [0.29, 0.717) is 0 Å². The van der Waals surface area contributed by atoms with Crippen LogP contribution in [0.4, 0.5) is 0 Å². The lowest BCUT2D eigenvalue weighted by Gasteiger charge is -2.43. The van der Waals surface area contributed by atoms with Crippen LogP contribution in [0.3, 0.4) is 0 Å². The summed E-state index contributed by atoms with van der Waals surface area (Å²) in [5, 5.41) is 3.78. The molecule has 3 aliphatic rings. The second-order valence-electron chi connectivity index (χ2n) is 7.01. The van der Waals surface area contributed by atoms with Crippen LogP contribution in [-0.2, 0) is 0 Å². The Morgan fingerprint density at radius 1 is 0.889 bits per heavy atom. The highest BCUT2D eigenvalue weighted by molar-refractivity contribution is 4.97. The van der Waals surface area contributed by atoms with E-state index in [9.17, 15) is 0 Å². The molecule has 1 N–H and O–H groups in total. The minimum Gasteiger partial charge on any atom is -0.311 e. The van der Waals surface area contributed by atoms with Crippen LogP contribution in [0, 0.1) is 5.92 Å². The molecule has 0 aromatic heterocycles. The van der Waals surface area contributed by atoms with E-state index in [2.05, 4.69) is 24.1 Å². The van der Waals surface area contributed by atoms with Gasteiger partial charge < -0.3 is 5.32 Å². The van der Waals surface area contributed by atoms with E-state index >= 15 is 0 Å². The molecule has 0 radical (unpaired) electrons. The molecule has 1 saturated carbocycles. The highest BCUT2D eigenvalue weighted by atomic mass is 15.2. The van der Waals surface area contributed by atoms with Crippen LogP contribution in [0.5, 0.6) is 0 Å². The molecule has 2 atom stereocenters. The Kier molecular flexibility index (Phi) is 3.95. The largest absolute Gasteiger partial charge is 0.311 e. The third-order valence-electron chi connectivity index (χ3n) is 5.74. The van der Waals surface area contributed by atoms with Gasteiger partial charge in [-0.2, -0.15) is 0 Å². The Labute approximate surface area is 113 Å². The van der Waals surface area contributed by atoms with E-state index in [1.54, 1.807) is 0 Å². The number of hydrogen-bond acceptors (Lipinski definition) is 2. The quantitative estimate of drug-likeness (QED) is 0.827. The number of rotatable bonds is 3. The smallest absolute Gasteiger partial charge is 0.0128 e. The zero-order valence-electron chi connectivity index (χ0n) is 12.2. The average molecular weight is 250 g/mol. The van der Waals surface area contributed by atoms with Crippen molar-refractivity contribution in [2.45, 2.75) is 89.4 Å². The summed E-state index contributed by atoms with van der Waals surface area (Å²) < 4.78 is 0. The Balaban J connectivity index is 1.61. The summed E-state index contributed by atoms with van der Waals surface area (Å²) in [6.45, 7) is 6.07. The Morgan fingerprint density at radius 3 is 2.06 bits per heavy atom. The van der Waals surface area contributed by atoms with Crippen LogP contribution >= 0.6 is 0 Å². The number of nitrogens with one attached hydrogen (secondary N) is 1. The molecule has 2 nitrogen and oxygen atoms in total. The van der Waals surface area contributed by atoms with Crippen molar-refractivity contribution in [3.05, 3.63) is 0 Å². The minimum absolute atomic E-state index is 0.838. The molecule has 3 rings (SSSR count). The van der Waals surface area contributed by atoms with Crippen molar-refractivity contribution < 1.29 is 0 Å². The van der Waals surface area contributed by atoms with Gasteiger partial charge in [0.25, 0.3) is 0 Å². The first-order valence-corrected chi connectivity index (χ1v) is 8.28. The normalized spacial score (nSPS) is 44.5. The molecule has 18 heavy (non-hydrogen) atoms. The third kappa shape index (κ3) is 2.60. The summed E-state index contributed by atoms with van der Waals surface area (Å²) in [4.78, 5) is 2.87. The molecule has 0 aromatic carbocycles. The van der Waals surface area contributed by atoms with Crippen molar-refractivity contribution in [2.24, 2.45) is 5.92 Å². The van der Waals surface area contributed by atoms with Crippen LogP contribution in [0.25, 0.3) is 0 Å². The molecule has 0 aromatic rings. The van der Waals surface area contributed by atoms with Crippen molar-refractivity contribution in [1.82, 2.24) is 10.2 Å². The van der Waals surface area contributed by atoms with E-state index in [0.717, 1.165) is 30.1 Å². The Morgan fingerprint density at radius 2 is 1.50 bits per heavy atom. The van der Waals surface area contributed by atoms with Gasteiger partial charge >= 0.3 is 0 Å². The molecule has 2 heteroatoms. The van der Waals surface area contributed by atoms with Gasteiger partial charge in [-0.15, -0.1) is 0 Å². The van der Waals surface area contributed by atoms with E-state index in [1.165, 1.54) is 57.9 Å². The zero-order valence-corrected chi connectivity index (χ0v) is 12.2. The molecular formula is C16H30N2. The van der Waals surface area contributed by atoms with Gasteiger partial charge in [-0.3, -0.25) is 4.90 Å². The zero-order chi connectivity index (χ0) is 12.5. The van der Waals surface area contributed by atoms with Crippen molar-refractivity contribution in [3.8, 4) is 0 Å². The van der Waals surface area contributed by atoms with Gasteiger partial charge in [0.15, 0.2) is 0 Å². The molecule has 1 aliphatic carbocycles. The van der Waals surface area contributed by atoms with Gasteiger partial charge in [-0.1, -0.05) is 13.8 Å². The first kappa shape index (κ1) is 12.9. The van der Waals surface area contributed by atoms with Crippen molar-refractivity contribution >= 4 is 0 Å². The van der Waals surface area contributed by atoms with Gasteiger partial charge in [-0.25, -0.2) is 0 Å². The van der Waals surface area contributed by atoms with E-state index in [-0.39, 0.29) is 0 Å². The fraction of sp³-hybridized carbons (Fsp3) is 1.00. The summed E-state index contributed by atoms with van der Waals surface area (Å²) >= 11 is 0. The van der Waals surface area contributed by atoms with Gasteiger partial charge in [0.05, 0.1) is 0 Å². The molecule has 104 valence electrons. The molecule has 0 spiro atoms. The maximum absolute atomic E-state index is 3.78. The standard InChI is InChI=1S/C16H30N2/c1-3-18(15-8-4-12(2)5-9-15)16-10-13-6-7-14(11-16)17-13/h12-17H,3-11H2,1-2H3. The minimum atomic E-state index is 0.838. The fourth-order valence-electron chi connectivity index (χ4n) is 4.69. The highest BCUT2D eigenvalue weighted by Gasteiger charge is 2.38. The number of fused-ring (bicyclic) bond motifs is 2. The van der Waals surface area contributed by atoms with Crippen LogP contribution in [0.15, 0.2) is 0 Å². The topological polar surface area (TPSA) is 15.3 Å². The Hall–Kier alpha value is -0.0800. The molecule has 2 bridgehead atoms. The van der Waals surface area contributed by atoms with Crippen LogP contribution in [-0.4, -0.2) is 35.6 Å². The predicted octanol–water partition coefficient (Wildman–Crippen LogP) is 3.17. The van der Waals surface area contributed by atoms with Gasteiger partial charge in [-0.05, 0) is 63.8 Å². The van der Waals surface area contributed by atoms with Gasteiger partial charge in [0.1, 0.15) is 0 Å². The number of nitrogens with zero attached hydrogens (tertiary/aromatic N) is 1. The lowest BCUT2D eigenvalue weighted by molar-refractivity contribution is 0.0705. The lowest BCUT2D eigenvalue weighted by atomic mass is 9.85. The second-order valence-corrected chi connectivity index (χ2v) is 7.01. The molecule has 3 fully saturated rings. The SMILES string of the molecule is CCN(C1CCC(C)CC1)C1CC2CCC(C1)N2. The first-order valence-electron chi connectivity index (χ1n) is 8.28. The van der Waals surface area contributed by atoms with Gasteiger partial charge in [0, 0.05) is 24.2 Å². The van der Waals surface area contributed by atoms with E-state index < -0.39 is 0 Å². The number of piperidine rings is 1. The van der Waals surface area contributed by atoms with Crippen LogP contribution < -0.4 is 5.32 Å². The second kappa shape index (κ2) is 5.50. The maximum atomic E-state index is 3.78. The van der Waals surface area contributed by atoms with Crippen LogP contribution in [0.2, 0.25) is 0 Å². The summed E-state index contributed by atoms with van der Waals surface area (Å²) in [7, 11) is 0. The Bertz CT molecular complexity index is 258. The predicted molar refractivity (Wildman–Crippen MR) is 76.8 cm³/mol. The summed E-state index contributed by atoms with van der Waals surface area (Å²) in [5.41, 5.74) is 0. The molecule has 0 amide bonds. The van der Waals surface area contributed by atoms with Crippen LogP contribution in [0.1, 0.15) is 65.2 Å². The third-order valence-corrected chi connectivity index (χ3v) is 5.74. The van der Waals surface area contributed by atoms with Crippen molar-refractivity contribution in [1.29, 1.82) is 0 Å². The highest BCUT2D eigenvalue weighted by Crippen LogP contribution is 2.34.